The molecule has 0 spiro atoms. The number of rotatable bonds is 2. The third-order valence-electron chi connectivity index (χ3n) is 2.30. The predicted octanol–water partition coefficient (Wildman–Crippen LogP) is 1.21. The third kappa shape index (κ3) is 2.06. The largest absolute Gasteiger partial charge is 0.356 e. The van der Waals surface area contributed by atoms with Crippen LogP contribution in [0.5, 0.6) is 0 Å². The van der Waals surface area contributed by atoms with Crippen LogP contribution in [-0.2, 0) is 11.2 Å². The number of aromatic nitrogens is 1. The van der Waals surface area contributed by atoms with Gasteiger partial charge in [0, 0.05) is 30.5 Å². The van der Waals surface area contributed by atoms with Crippen LogP contribution >= 0.6 is 11.3 Å². The van der Waals surface area contributed by atoms with Crippen molar-refractivity contribution in [2.45, 2.75) is 19.3 Å². The van der Waals surface area contributed by atoms with Crippen LogP contribution in [0.15, 0.2) is 11.6 Å². The van der Waals surface area contributed by atoms with Crippen molar-refractivity contribution in [3.8, 4) is 0 Å². The van der Waals surface area contributed by atoms with E-state index in [1.807, 2.05) is 5.38 Å². The molecule has 0 aromatic carbocycles. The van der Waals surface area contributed by atoms with E-state index in [0.717, 1.165) is 30.8 Å². The first kappa shape index (κ1) is 8.69. The Hall–Kier alpha value is -0.900. The van der Waals surface area contributed by atoms with Gasteiger partial charge in [-0.15, -0.1) is 11.3 Å². The van der Waals surface area contributed by atoms with Crippen LogP contribution in [0.3, 0.4) is 0 Å². The summed E-state index contributed by atoms with van der Waals surface area (Å²) in [7, 11) is 0. The smallest absolute Gasteiger partial charge is 0.223 e. The monoisotopic (exact) mass is 196 g/mol. The third-order valence-corrected chi connectivity index (χ3v) is 3.11. The molecule has 1 unspecified atom stereocenters. The molecule has 1 aromatic rings. The average molecular weight is 196 g/mol. The summed E-state index contributed by atoms with van der Waals surface area (Å²) in [6.45, 7) is 0.840. The van der Waals surface area contributed by atoms with Crippen LogP contribution < -0.4 is 5.32 Å². The van der Waals surface area contributed by atoms with Gasteiger partial charge in [-0.05, 0) is 12.8 Å². The summed E-state index contributed by atoms with van der Waals surface area (Å²) in [5.41, 5.74) is 0. The highest BCUT2D eigenvalue weighted by atomic mass is 32.1. The average Bonchev–Trinajstić information content (AvgIpc) is 2.61. The van der Waals surface area contributed by atoms with Gasteiger partial charge in [0.15, 0.2) is 0 Å². The number of carbonyl (C=O) groups excluding carboxylic acids is 1. The molecule has 70 valence electrons. The molecule has 1 N–H and O–H groups in total. The molecule has 0 aliphatic carbocycles. The van der Waals surface area contributed by atoms with Crippen LogP contribution in [0, 0.1) is 5.92 Å². The lowest BCUT2D eigenvalue weighted by Crippen LogP contribution is -2.37. The van der Waals surface area contributed by atoms with Gasteiger partial charge in [-0.3, -0.25) is 4.79 Å². The summed E-state index contributed by atoms with van der Waals surface area (Å²) in [6, 6.07) is 0. The van der Waals surface area contributed by atoms with Crippen LogP contribution in [0.4, 0.5) is 0 Å². The Morgan fingerprint density at radius 1 is 1.69 bits per heavy atom. The molecule has 1 aliphatic heterocycles. The first-order valence-corrected chi connectivity index (χ1v) is 5.40. The van der Waals surface area contributed by atoms with Crippen LogP contribution in [0.25, 0.3) is 0 Å². The lowest BCUT2D eigenvalue weighted by Gasteiger charge is -2.20. The molecule has 1 amide bonds. The Bertz CT molecular complexity index is 284. The first-order valence-electron chi connectivity index (χ1n) is 4.52. The quantitative estimate of drug-likeness (QED) is 0.772. The van der Waals surface area contributed by atoms with Gasteiger partial charge < -0.3 is 5.32 Å². The molecule has 0 saturated carbocycles. The zero-order valence-electron chi connectivity index (χ0n) is 7.32. The van der Waals surface area contributed by atoms with Gasteiger partial charge in [0.2, 0.25) is 5.91 Å². The Morgan fingerprint density at radius 2 is 2.62 bits per heavy atom. The second-order valence-electron chi connectivity index (χ2n) is 3.26. The van der Waals surface area contributed by atoms with Gasteiger partial charge in [-0.1, -0.05) is 0 Å². The standard InChI is InChI=1S/C9H12N2OS/c12-9-7(2-1-3-11-9)6-8-10-4-5-13-8/h4-5,7H,1-3,6H2,(H,11,12). The zero-order valence-corrected chi connectivity index (χ0v) is 8.14. The lowest BCUT2D eigenvalue weighted by molar-refractivity contribution is -0.126. The molecule has 4 heteroatoms. The van der Waals surface area contributed by atoms with Crippen molar-refractivity contribution in [2.75, 3.05) is 6.54 Å². The Labute approximate surface area is 81.2 Å². The molecule has 1 fully saturated rings. The van der Waals surface area contributed by atoms with Gasteiger partial charge >= 0.3 is 0 Å². The lowest BCUT2D eigenvalue weighted by atomic mass is 9.96. The molecule has 2 heterocycles. The topological polar surface area (TPSA) is 42.0 Å². The maximum absolute atomic E-state index is 11.4. The second kappa shape index (κ2) is 3.87. The van der Waals surface area contributed by atoms with E-state index in [0.29, 0.717) is 0 Å². The number of hydrogen-bond acceptors (Lipinski definition) is 3. The van der Waals surface area contributed by atoms with Gasteiger partial charge in [0.25, 0.3) is 0 Å². The van der Waals surface area contributed by atoms with E-state index in [4.69, 9.17) is 0 Å². The molecule has 1 aromatic heterocycles. The van der Waals surface area contributed by atoms with Gasteiger partial charge in [-0.2, -0.15) is 0 Å². The van der Waals surface area contributed by atoms with E-state index in [1.165, 1.54) is 0 Å². The molecule has 3 nitrogen and oxygen atoms in total. The molecule has 13 heavy (non-hydrogen) atoms. The molecule has 1 saturated heterocycles. The Balaban J connectivity index is 1.97. The predicted molar refractivity (Wildman–Crippen MR) is 51.6 cm³/mol. The number of carbonyl (C=O) groups is 1. The van der Waals surface area contributed by atoms with Crippen LogP contribution in [-0.4, -0.2) is 17.4 Å². The van der Waals surface area contributed by atoms with Crippen molar-refractivity contribution < 1.29 is 4.79 Å². The van der Waals surface area contributed by atoms with Crippen molar-refractivity contribution in [2.24, 2.45) is 5.92 Å². The van der Waals surface area contributed by atoms with E-state index in [9.17, 15) is 4.79 Å². The minimum atomic E-state index is 0.153. The number of nitrogens with one attached hydrogen (secondary N) is 1. The van der Waals surface area contributed by atoms with Crippen molar-refractivity contribution >= 4 is 17.2 Å². The summed E-state index contributed by atoms with van der Waals surface area (Å²) in [6.07, 6.45) is 4.71. The Kier molecular flexibility index (Phi) is 2.59. The fraction of sp³-hybridized carbons (Fsp3) is 0.556. The van der Waals surface area contributed by atoms with Gasteiger partial charge in [-0.25, -0.2) is 4.98 Å². The van der Waals surface area contributed by atoms with E-state index >= 15 is 0 Å². The minimum absolute atomic E-state index is 0.153. The number of amides is 1. The molecular weight excluding hydrogens is 184 g/mol. The number of nitrogens with zero attached hydrogens (tertiary/aromatic N) is 1. The second-order valence-corrected chi connectivity index (χ2v) is 4.24. The van der Waals surface area contributed by atoms with Gasteiger partial charge in [0.1, 0.15) is 0 Å². The highest BCUT2D eigenvalue weighted by molar-refractivity contribution is 7.09. The minimum Gasteiger partial charge on any atom is -0.356 e. The number of thiazole rings is 1. The van der Waals surface area contributed by atoms with E-state index < -0.39 is 0 Å². The molecule has 0 bridgehead atoms. The van der Waals surface area contributed by atoms with Crippen LogP contribution in [0.2, 0.25) is 0 Å². The first-order chi connectivity index (χ1) is 6.36. The normalized spacial score (nSPS) is 22.8. The van der Waals surface area contributed by atoms with E-state index in [2.05, 4.69) is 10.3 Å². The van der Waals surface area contributed by atoms with Gasteiger partial charge in [0.05, 0.1) is 5.01 Å². The van der Waals surface area contributed by atoms with Crippen LogP contribution in [0.1, 0.15) is 17.8 Å². The molecule has 0 radical (unpaired) electrons. The fourth-order valence-corrected chi connectivity index (χ4v) is 2.29. The van der Waals surface area contributed by atoms with E-state index in [-0.39, 0.29) is 11.8 Å². The summed E-state index contributed by atoms with van der Waals surface area (Å²) >= 11 is 1.63. The molecule has 1 atom stereocenters. The summed E-state index contributed by atoms with van der Waals surface area (Å²) in [5, 5.41) is 5.91. The molecule has 2 rings (SSSR count). The van der Waals surface area contributed by atoms with Crippen molar-refractivity contribution in [1.29, 1.82) is 0 Å². The summed E-state index contributed by atoms with van der Waals surface area (Å²) in [5.74, 6) is 0.348. The van der Waals surface area contributed by atoms with Crippen molar-refractivity contribution in [1.82, 2.24) is 10.3 Å². The zero-order chi connectivity index (χ0) is 9.10. The SMILES string of the molecule is O=C1NCCCC1Cc1nccs1. The highest BCUT2D eigenvalue weighted by Crippen LogP contribution is 2.18. The Morgan fingerprint density at radius 3 is 3.31 bits per heavy atom. The molecular formula is C9H12N2OS. The summed E-state index contributed by atoms with van der Waals surface area (Å²) in [4.78, 5) is 15.6. The fourth-order valence-electron chi connectivity index (χ4n) is 1.59. The summed E-state index contributed by atoms with van der Waals surface area (Å²) < 4.78 is 0. The number of hydrogen-bond donors (Lipinski definition) is 1. The highest BCUT2D eigenvalue weighted by Gasteiger charge is 2.22. The maximum Gasteiger partial charge on any atom is 0.223 e. The van der Waals surface area contributed by atoms with Crippen molar-refractivity contribution in [3.63, 3.8) is 0 Å². The maximum atomic E-state index is 11.4. The van der Waals surface area contributed by atoms with E-state index in [1.54, 1.807) is 17.5 Å². The van der Waals surface area contributed by atoms with Crippen molar-refractivity contribution in [3.05, 3.63) is 16.6 Å². The number of piperidine rings is 1. The molecule has 1 aliphatic rings.